The zero-order valence-electron chi connectivity index (χ0n) is 16.5. The van der Waals surface area contributed by atoms with Crippen LogP contribution in [-0.2, 0) is 17.7 Å². The predicted octanol–water partition coefficient (Wildman–Crippen LogP) is 7.24. The van der Waals surface area contributed by atoms with Gasteiger partial charge in [0.2, 0.25) is 0 Å². The Kier molecular flexibility index (Phi) is 13.3. The Balaban J connectivity index is 0.000000533. The van der Waals surface area contributed by atoms with Crippen LogP contribution in [0.25, 0.3) is 11.1 Å². The molecule has 0 saturated heterocycles. The van der Waals surface area contributed by atoms with Crippen molar-refractivity contribution in [3.63, 3.8) is 0 Å². The van der Waals surface area contributed by atoms with E-state index in [1.54, 1.807) is 12.2 Å². The maximum atomic E-state index is 7.88. The highest BCUT2D eigenvalue weighted by atomic mass is 17.1. The zero-order chi connectivity index (χ0) is 19.8. The van der Waals surface area contributed by atoms with Crippen molar-refractivity contribution in [1.29, 1.82) is 0 Å². The second kappa shape index (κ2) is 14.7. The van der Waals surface area contributed by atoms with E-state index in [2.05, 4.69) is 80.4 Å². The van der Waals surface area contributed by atoms with Crippen LogP contribution < -0.4 is 0 Å². The van der Waals surface area contributed by atoms with E-state index in [1.165, 1.54) is 28.3 Å². The molecule has 2 nitrogen and oxygen atoms in total. The molecule has 0 spiro atoms. The average Bonchev–Trinajstić information content (AvgIpc) is 2.74. The molecule has 2 aromatic rings. The van der Waals surface area contributed by atoms with E-state index in [0.29, 0.717) is 0 Å². The van der Waals surface area contributed by atoms with E-state index < -0.39 is 0 Å². The van der Waals surface area contributed by atoms with Crippen molar-refractivity contribution in [3.8, 4) is 11.1 Å². The first-order valence-electron chi connectivity index (χ1n) is 9.12. The Hall–Kier alpha value is -2.58. The lowest BCUT2D eigenvalue weighted by Crippen LogP contribution is -1.83. The Morgan fingerprint density at radius 1 is 0.885 bits per heavy atom. The molecule has 26 heavy (non-hydrogen) atoms. The molecule has 0 aliphatic carbocycles. The van der Waals surface area contributed by atoms with Crippen molar-refractivity contribution < 1.29 is 10.1 Å². The molecule has 0 aromatic heterocycles. The van der Waals surface area contributed by atoms with Gasteiger partial charge < -0.3 is 4.89 Å². The molecule has 0 unspecified atom stereocenters. The number of rotatable bonds is 6. The van der Waals surface area contributed by atoms with Crippen LogP contribution in [0.5, 0.6) is 0 Å². The smallest absolute Gasteiger partial charge is 0.157 e. The number of allylic oxidation sites excluding steroid dienone is 3. The van der Waals surface area contributed by atoms with Crippen molar-refractivity contribution in [3.05, 3.63) is 96.8 Å². The molecule has 0 fully saturated rings. The lowest BCUT2D eigenvalue weighted by Gasteiger charge is -2.04. The summed E-state index contributed by atoms with van der Waals surface area (Å²) in [6, 6.07) is 17.7. The molecule has 2 rings (SSSR count). The molecular formula is C24H32O2. The van der Waals surface area contributed by atoms with Crippen LogP contribution in [0.1, 0.15) is 38.8 Å². The van der Waals surface area contributed by atoms with Crippen molar-refractivity contribution in [2.75, 3.05) is 0 Å². The molecule has 0 saturated carbocycles. The van der Waals surface area contributed by atoms with Crippen LogP contribution in [0.4, 0.5) is 0 Å². The van der Waals surface area contributed by atoms with E-state index in [4.69, 9.17) is 5.26 Å². The van der Waals surface area contributed by atoms with Crippen molar-refractivity contribution in [1.82, 2.24) is 0 Å². The third-order valence-electron chi connectivity index (χ3n) is 3.59. The fourth-order valence-electron chi connectivity index (χ4n) is 2.07. The average molecular weight is 353 g/mol. The summed E-state index contributed by atoms with van der Waals surface area (Å²) in [7, 11) is 0. The van der Waals surface area contributed by atoms with Gasteiger partial charge in [0.25, 0.3) is 0 Å². The minimum Gasteiger partial charge on any atom is -0.341 e. The molecular weight excluding hydrogens is 320 g/mol. The quantitative estimate of drug-likeness (QED) is 0.257. The molecule has 0 atom stereocenters. The summed E-state index contributed by atoms with van der Waals surface area (Å²) in [4.78, 5) is 3.72. The molecule has 1 N–H and O–H groups in total. The van der Waals surface area contributed by atoms with Crippen LogP contribution in [0.3, 0.4) is 0 Å². The van der Waals surface area contributed by atoms with Gasteiger partial charge in [-0.1, -0.05) is 102 Å². The van der Waals surface area contributed by atoms with Gasteiger partial charge in [0, 0.05) is 0 Å². The number of aryl methyl sites for hydroxylation is 2. The van der Waals surface area contributed by atoms with Gasteiger partial charge in [-0.15, -0.1) is 0 Å². The van der Waals surface area contributed by atoms with Gasteiger partial charge in [0.05, 0.1) is 0 Å². The fraction of sp³-hybridized carbons (Fsp3) is 0.250. The molecule has 0 bridgehead atoms. The van der Waals surface area contributed by atoms with E-state index in [-0.39, 0.29) is 5.76 Å². The molecule has 0 radical (unpaired) electrons. The molecule has 0 aliphatic rings. The van der Waals surface area contributed by atoms with Crippen LogP contribution in [0.2, 0.25) is 0 Å². The van der Waals surface area contributed by atoms with Crippen LogP contribution in [-0.4, -0.2) is 5.26 Å². The van der Waals surface area contributed by atoms with E-state index in [0.717, 1.165) is 12.8 Å². The summed E-state index contributed by atoms with van der Waals surface area (Å²) < 4.78 is 0. The number of hydrogen-bond donors (Lipinski definition) is 1. The van der Waals surface area contributed by atoms with Crippen molar-refractivity contribution in [2.24, 2.45) is 0 Å². The lowest BCUT2D eigenvalue weighted by atomic mass is 10.0. The van der Waals surface area contributed by atoms with Gasteiger partial charge in [-0.25, -0.2) is 5.26 Å². The van der Waals surface area contributed by atoms with Crippen molar-refractivity contribution >= 4 is 0 Å². The third kappa shape index (κ3) is 9.05. The second-order valence-electron chi connectivity index (χ2n) is 5.25. The highest BCUT2D eigenvalue weighted by molar-refractivity contribution is 5.63. The Labute approximate surface area is 159 Å². The van der Waals surface area contributed by atoms with Gasteiger partial charge in [-0.2, -0.15) is 0 Å². The number of hydrogen-bond acceptors (Lipinski definition) is 2. The van der Waals surface area contributed by atoms with Gasteiger partial charge in [-0.3, -0.25) is 0 Å². The summed E-state index contributed by atoms with van der Waals surface area (Å²) in [5.74, 6) is 0.199. The minimum absolute atomic E-state index is 0.199. The normalized spacial score (nSPS) is 9.42. The van der Waals surface area contributed by atoms with E-state index in [1.807, 2.05) is 13.8 Å². The van der Waals surface area contributed by atoms with Crippen LogP contribution in [0, 0.1) is 0 Å². The first kappa shape index (κ1) is 23.4. The first-order chi connectivity index (χ1) is 12.6. The Morgan fingerprint density at radius 3 is 1.54 bits per heavy atom. The summed E-state index contributed by atoms with van der Waals surface area (Å²) in [5.41, 5.74) is 5.41. The molecule has 0 heterocycles. The van der Waals surface area contributed by atoms with E-state index in [9.17, 15) is 0 Å². The van der Waals surface area contributed by atoms with E-state index >= 15 is 0 Å². The van der Waals surface area contributed by atoms with Gasteiger partial charge in [0.1, 0.15) is 0 Å². The highest BCUT2D eigenvalue weighted by Gasteiger charge is 1.97. The van der Waals surface area contributed by atoms with Crippen molar-refractivity contribution in [2.45, 2.75) is 40.5 Å². The molecule has 140 valence electrons. The predicted molar refractivity (Wildman–Crippen MR) is 114 cm³/mol. The molecule has 0 aliphatic heterocycles. The highest BCUT2D eigenvalue weighted by Crippen LogP contribution is 2.20. The summed E-state index contributed by atoms with van der Waals surface area (Å²) in [6.45, 7) is 15.1. The van der Waals surface area contributed by atoms with Gasteiger partial charge in [0.15, 0.2) is 5.76 Å². The zero-order valence-corrected chi connectivity index (χ0v) is 16.5. The topological polar surface area (TPSA) is 29.5 Å². The maximum absolute atomic E-state index is 7.88. The fourth-order valence-corrected chi connectivity index (χ4v) is 2.07. The molecule has 0 amide bonds. The summed E-state index contributed by atoms with van der Waals surface area (Å²) >= 11 is 0. The van der Waals surface area contributed by atoms with Crippen LogP contribution >= 0.6 is 0 Å². The summed E-state index contributed by atoms with van der Waals surface area (Å²) in [5, 5.41) is 7.88. The molecule has 2 aromatic carbocycles. The maximum Gasteiger partial charge on any atom is 0.157 e. The lowest BCUT2D eigenvalue weighted by molar-refractivity contribution is -0.197. The third-order valence-corrected chi connectivity index (χ3v) is 3.59. The minimum atomic E-state index is 0.199. The SMILES string of the molecule is C=C/C=C\C(=C)OO.CC.CCc1ccc(-c2ccc(CC)cc2)cc1. The Bertz CT molecular complexity index is 604. The largest absolute Gasteiger partial charge is 0.341 e. The molecule has 2 heteroatoms. The Morgan fingerprint density at radius 2 is 1.27 bits per heavy atom. The van der Waals surface area contributed by atoms with Crippen LogP contribution in [0.15, 0.2) is 85.7 Å². The second-order valence-corrected chi connectivity index (χ2v) is 5.25. The first-order valence-corrected chi connectivity index (χ1v) is 9.12. The number of benzene rings is 2. The summed E-state index contributed by atoms with van der Waals surface area (Å²) in [6.07, 6.45) is 6.87. The standard InChI is InChI=1S/C16H18.C6H8O2.C2H6/c1-3-13-5-9-15(10-6-13)16-11-7-14(4-2)8-12-16;1-3-4-5-6(2)8-7;1-2/h5-12H,3-4H2,1-2H3;3-5,7H,1-2H2;1-2H3/b;5-4-;. The van der Waals surface area contributed by atoms with Gasteiger partial charge in [-0.05, 0) is 41.2 Å². The van der Waals surface area contributed by atoms with Gasteiger partial charge >= 0.3 is 0 Å². The monoisotopic (exact) mass is 352 g/mol.